The zero-order valence-electron chi connectivity index (χ0n) is 26.5. The molecule has 2 amide bonds. The minimum atomic E-state index is -1.11. The van der Waals surface area contributed by atoms with Crippen LogP contribution in [0.2, 0.25) is 5.02 Å². The maximum absolute atomic E-state index is 13.4. The molecule has 10 heteroatoms. The lowest BCUT2D eigenvalue weighted by molar-refractivity contribution is -0.175. The number of carbonyl (C=O) groups excluding carboxylic acids is 4. The Morgan fingerprint density at radius 3 is 2.42 bits per heavy atom. The molecular formula is C35H43ClN2O7. The molecule has 0 fully saturated rings. The lowest BCUT2D eigenvalue weighted by Gasteiger charge is -2.26. The van der Waals surface area contributed by atoms with Crippen molar-refractivity contribution in [1.82, 2.24) is 10.6 Å². The van der Waals surface area contributed by atoms with Crippen molar-refractivity contribution in [3.05, 3.63) is 82.9 Å². The van der Waals surface area contributed by atoms with Crippen LogP contribution in [-0.4, -0.2) is 55.7 Å². The van der Waals surface area contributed by atoms with Crippen molar-refractivity contribution in [2.45, 2.75) is 65.2 Å². The molecule has 2 aromatic carbocycles. The first-order chi connectivity index (χ1) is 21.5. The van der Waals surface area contributed by atoms with Gasteiger partial charge in [-0.15, -0.1) is 0 Å². The number of hydrogen-bond donors (Lipinski definition) is 2. The van der Waals surface area contributed by atoms with E-state index in [1.807, 2.05) is 63.3 Å². The number of halogens is 1. The number of amides is 2. The van der Waals surface area contributed by atoms with Gasteiger partial charge in [0.25, 0.3) is 0 Å². The van der Waals surface area contributed by atoms with Crippen molar-refractivity contribution >= 4 is 41.4 Å². The highest BCUT2D eigenvalue weighted by molar-refractivity contribution is 6.32. The topological polar surface area (TPSA) is 120 Å². The van der Waals surface area contributed by atoms with Crippen LogP contribution in [0.3, 0.4) is 0 Å². The van der Waals surface area contributed by atoms with E-state index in [0.717, 1.165) is 5.56 Å². The minimum absolute atomic E-state index is 0.0422. The third kappa shape index (κ3) is 11.4. The van der Waals surface area contributed by atoms with Gasteiger partial charge in [-0.3, -0.25) is 14.4 Å². The van der Waals surface area contributed by atoms with Crippen LogP contribution >= 0.6 is 11.6 Å². The van der Waals surface area contributed by atoms with Gasteiger partial charge in [0.05, 0.1) is 18.1 Å². The molecule has 2 aromatic rings. The van der Waals surface area contributed by atoms with E-state index in [4.69, 9.17) is 25.8 Å². The molecule has 1 aliphatic heterocycles. The van der Waals surface area contributed by atoms with E-state index >= 15 is 0 Å². The van der Waals surface area contributed by atoms with Gasteiger partial charge in [0.15, 0.2) is 6.10 Å². The third-order valence-corrected chi connectivity index (χ3v) is 7.66. The van der Waals surface area contributed by atoms with Gasteiger partial charge >= 0.3 is 11.9 Å². The van der Waals surface area contributed by atoms with Crippen molar-refractivity contribution < 1.29 is 33.4 Å². The molecular weight excluding hydrogens is 596 g/mol. The van der Waals surface area contributed by atoms with E-state index in [1.165, 1.54) is 13.2 Å². The van der Waals surface area contributed by atoms with Crippen LogP contribution in [0.5, 0.6) is 5.75 Å². The van der Waals surface area contributed by atoms with E-state index in [2.05, 4.69) is 10.6 Å². The number of cyclic esters (lactones) is 2. The van der Waals surface area contributed by atoms with Crippen LogP contribution in [0.4, 0.5) is 0 Å². The van der Waals surface area contributed by atoms with E-state index in [9.17, 15) is 19.2 Å². The van der Waals surface area contributed by atoms with Crippen molar-refractivity contribution in [3.8, 4) is 5.75 Å². The number of rotatable bonds is 8. The number of ether oxygens (including phenoxy) is 3. The van der Waals surface area contributed by atoms with Gasteiger partial charge in [-0.2, -0.15) is 0 Å². The molecule has 2 N–H and O–H groups in total. The summed E-state index contributed by atoms with van der Waals surface area (Å²) in [6.07, 6.45) is 5.68. The molecule has 0 radical (unpaired) electrons. The van der Waals surface area contributed by atoms with E-state index in [1.54, 1.807) is 31.2 Å². The highest BCUT2D eigenvalue weighted by atomic mass is 35.5. The van der Waals surface area contributed by atoms with Crippen molar-refractivity contribution in [3.63, 3.8) is 0 Å². The number of carbonyl (C=O) groups is 4. The molecule has 1 heterocycles. The summed E-state index contributed by atoms with van der Waals surface area (Å²) in [4.78, 5) is 52.7. The lowest BCUT2D eigenvalue weighted by Crippen LogP contribution is -2.49. The average molecular weight is 639 g/mol. The lowest BCUT2D eigenvalue weighted by atomic mass is 9.99. The molecule has 0 bridgehead atoms. The SMILES string of the molecule is COc1ccc(CC2NC(=O)/C=C\CC(C(C)C=Cc3ccccc3)OC(=O)C(CC(C)C)OC(=O)C(C)CNC2=O)cc1Cl. The summed E-state index contributed by atoms with van der Waals surface area (Å²) in [6, 6.07) is 13.9. The number of benzene rings is 2. The van der Waals surface area contributed by atoms with Gasteiger partial charge in [0, 0.05) is 25.3 Å². The molecule has 242 valence electrons. The van der Waals surface area contributed by atoms with Crippen molar-refractivity contribution in [2.75, 3.05) is 13.7 Å². The van der Waals surface area contributed by atoms with Crippen LogP contribution in [0, 0.1) is 17.8 Å². The Bertz CT molecular complexity index is 1380. The number of methoxy groups -OCH3 is 1. The Labute approximate surface area is 270 Å². The smallest absolute Gasteiger partial charge is 0.347 e. The van der Waals surface area contributed by atoms with Crippen molar-refractivity contribution in [2.24, 2.45) is 17.8 Å². The second kappa shape index (κ2) is 17.4. The molecule has 9 nitrogen and oxygen atoms in total. The van der Waals surface area contributed by atoms with Crippen LogP contribution in [-0.2, 0) is 35.1 Å². The highest BCUT2D eigenvalue weighted by Gasteiger charge is 2.31. The summed E-state index contributed by atoms with van der Waals surface area (Å²) in [7, 11) is 1.51. The zero-order valence-corrected chi connectivity index (χ0v) is 27.2. The molecule has 3 rings (SSSR count). The quantitative estimate of drug-likeness (QED) is 0.376. The molecule has 0 saturated carbocycles. The van der Waals surface area contributed by atoms with Crippen LogP contribution in [0.15, 0.2) is 66.8 Å². The molecule has 0 aliphatic carbocycles. The van der Waals surface area contributed by atoms with Gasteiger partial charge in [-0.1, -0.05) is 93.9 Å². The van der Waals surface area contributed by atoms with Crippen molar-refractivity contribution in [1.29, 1.82) is 0 Å². The second-order valence-corrected chi connectivity index (χ2v) is 12.1. The fourth-order valence-electron chi connectivity index (χ4n) is 4.69. The highest BCUT2D eigenvalue weighted by Crippen LogP contribution is 2.26. The Kier molecular flexibility index (Phi) is 13.7. The van der Waals surface area contributed by atoms with Gasteiger partial charge in [0.2, 0.25) is 11.8 Å². The molecule has 0 aromatic heterocycles. The molecule has 0 spiro atoms. The van der Waals surface area contributed by atoms with Crippen LogP contribution in [0.1, 0.15) is 51.7 Å². The largest absolute Gasteiger partial charge is 0.495 e. The summed E-state index contributed by atoms with van der Waals surface area (Å²) in [5.41, 5.74) is 1.69. The third-order valence-electron chi connectivity index (χ3n) is 7.36. The first-order valence-corrected chi connectivity index (χ1v) is 15.6. The van der Waals surface area contributed by atoms with E-state index in [0.29, 0.717) is 16.3 Å². The predicted molar refractivity (Wildman–Crippen MR) is 173 cm³/mol. The first-order valence-electron chi connectivity index (χ1n) is 15.2. The molecule has 5 atom stereocenters. The summed E-state index contributed by atoms with van der Waals surface area (Å²) in [5, 5.41) is 5.85. The summed E-state index contributed by atoms with van der Waals surface area (Å²) >= 11 is 6.29. The van der Waals surface area contributed by atoms with Gasteiger partial charge < -0.3 is 24.8 Å². The normalized spacial score (nSPS) is 23.5. The predicted octanol–water partition coefficient (Wildman–Crippen LogP) is 5.31. The minimum Gasteiger partial charge on any atom is -0.495 e. The molecule has 0 saturated heterocycles. The van der Waals surface area contributed by atoms with E-state index < -0.39 is 47.9 Å². The summed E-state index contributed by atoms with van der Waals surface area (Å²) in [5.74, 6) is -2.74. The number of nitrogens with one attached hydrogen (secondary N) is 2. The fraction of sp³-hybridized carbons (Fsp3) is 0.429. The number of hydrogen-bond acceptors (Lipinski definition) is 7. The number of esters is 2. The Morgan fingerprint density at radius 1 is 1.02 bits per heavy atom. The molecule has 5 unspecified atom stereocenters. The zero-order chi connectivity index (χ0) is 32.9. The molecule has 45 heavy (non-hydrogen) atoms. The maximum atomic E-state index is 13.4. The van der Waals surface area contributed by atoms with Crippen LogP contribution < -0.4 is 15.4 Å². The average Bonchev–Trinajstić information content (AvgIpc) is 3.01. The second-order valence-electron chi connectivity index (χ2n) is 11.7. The summed E-state index contributed by atoms with van der Waals surface area (Å²) < 4.78 is 16.8. The van der Waals surface area contributed by atoms with Gasteiger partial charge in [-0.05, 0) is 41.7 Å². The Hall–Kier alpha value is -4.11. The summed E-state index contributed by atoms with van der Waals surface area (Å²) in [6.45, 7) is 7.29. The van der Waals surface area contributed by atoms with Gasteiger partial charge in [0.1, 0.15) is 17.9 Å². The standard InChI is InChI=1S/C35H43ClN2O7/c1-22(2)18-31-35(42)44-29(23(3)14-15-25-10-7-6-8-11-25)12-9-13-32(39)38-28(33(40)37-21-24(4)34(41)45-31)20-26-16-17-30(43-5)27(36)19-26/h6-11,13-17,19,22-24,28-29,31H,12,18,20-21H2,1-5H3,(H,37,40)(H,38,39)/b13-9-,15-14?. The monoisotopic (exact) mass is 638 g/mol. The Morgan fingerprint density at radius 2 is 1.76 bits per heavy atom. The molecule has 1 aliphatic rings. The van der Waals surface area contributed by atoms with Gasteiger partial charge in [-0.25, -0.2) is 4.79 Å². The van der Waals surface area contributed by atoms with Crippen LogP contribution in [0.25, 0.3) is 6.08 Å². The first kappa shape index (κ1) is 35.4. The van der Waals surface area contributed by atoms with E-state index in [-0.39, 0.29) is 37.6 Å². The maximum Gasteiger partial charge on any atom is 0.347 e. The fourth-order valence-corrected chi connectivity index (χ4v) is 4.97. The Balaban J connectivity index is 1.89.